The zero-order valence-electron chi connectivity index (χ0n) is 14.1. The third kappa shape index (κ3) is 3.16. The average molecular weight is 336 g/mol. The number of carbonyl (C=O) groups is 1. The fourth-order valence-electron chi connectivity index (χ4n) is 3.28. The molecule has 0 aliphatic carbocycles. The Hall–Kier alpha value is -2.63. The van der Waals surface area contributed by atoms with Crippen molar-refractivity contribution in [2.45, 2.75) is 19.6 Å². The monoisotopic (exact) mass is 336 g/mol. The average Bonchev–Trinajstić information content (AvgIpc) is 3.03. The smallest absolute Gasteiger partial charge is 0.338 e. The van der Waals surface area contributed by atoms with Crippen LogP contribution in [0.1, 0.15) is 27.2 Å². The molecule has 1 aliphatic rings. The van der Waals surface area contributed by atoms with E-state index in [-0.39, 0.29) is 12.6 Å². The van der Waals surface area contributed by atoms with E-state index in [1.54, 1.807) is 7.11 Å². The van der Waals surface area contributed by atoms with Crippen molar-refractivity contribution in [3.8, 4) is 0 Å². The molecule has 0 radical (unpaired) electrons. The van der Waals surface area contributed by atoms with Crippen LogP contribution in [-0.2, 0) is 29.1 Å². The molecule has 25 heavy (non-hydrogen) atoms. The highest BCUT2D eigenvalue weighted by Crippen LogP contribution is 2.28. The first-order chi connectivity index (χ1) is 12.2. The maximum Gasteiger partial charge on any atom is 0.338 e. The summed E-state index contributed by atoms with van der Waals surface area (Å²) in [6, 6.07) is 15.4. The van der Waals surface area contributed by atoms with Crippen LogP contribution in [0.25, 0.3) is 10.9 Å². The number of esters is 1. The quantitative estimate of drug-likeness (QED) is 0.742. The van der Waals surface area contributed by atoms with Gasteiger partial charge in [0.15, 0.2) is 0 Å². The van der Waals surface area contributed by atoms with Gasteiger partial charge < -0.3 is 14.6 Å². The molecule has 1 aliphatic heterocycles. The van der Waals surface area contributed by atoms with Crippen molar-refractivity contribution in [3.63, 3.8) is 0 Å². The van der Waals surface area contributed by atoms with Crippen LogP contribution in [-0.4, -0.2) is 29.7 Å². The summed E-state index contributed by atoms with van der Waals surface area (Å²) in [6.07, 6.45) is 0.908. The van der Waals surface area contributed by atoms with E-state index in [1.807, 2.05) is 53.6 Å². The summed E-state index contributed by atoms with van der Waals surface area (Å²) in [6.45, 7) is 1.86. The van der Waals surface area contributed by atoms with Gasteiger partial charge in [-0.3, -0.25) is 0 Å². The standard InChI is InChI=1S/C20H20N2O3/c1-24-22-10-9-19-17(12-22)16-11-15(7-8-18(16)21-19)20(23)25-13-14-5-3-2-4-6-14/h2-8,11,21H,9-10,12-13H2,1H3. The first-order valence-electron chi connectivity index (χ1n) is 8.38. The van der Waals surface area contributed by atoms with Crippen molar-refractivity contribution in [2.24, 2.45) is 0 Å². The highest BCUT2D eigenvalue weighted by molar-refractivity contribution is 5.96. The molecule has 0 saturated heterocycles. The van der Waals surface area contributed by atoms with Crippen molar-refractivity contribution in [2.75, 3.05) is 13.7 Å². The largest absolute Gasteiger partial charge is 0.457 e. The number of nitrogens with one attached hydrogen (secondary N) is 1. The lowest BCUT2D eigenvalue weighted by molar-refractivity contribution is -0.141. The fourth-order valence-corrected chi connectivity index (χ4v) is 3.28. The maximum absolute atomic E-state index is 12.4. The Morgan fingerprint density at radius 1 is 1.20 bits per heavy atom. The number of benzene rings is 2. The van der Waals surface area contributed by atoms with E-state index in [9.17, 15) is 4.79 Å². The van der Waals surface area contributed by atoms with Gasteiger partial charge in [0.25, 0.3) is 0 Å². The Balaban J connectivity index is 1.57. The zero-order valence-corrected chi connectivity index (χ0v) is 14.1. The Kier molecular flexibility index (Phi) is 4.26. The van der Waals surface area contributed by atoms with Gasteiger partial charge in [-0.25, -0.2) is 4.79 Å². The molecule has 0 spiro atoms. The number of aromatic nitrogens is 1. The molecule has 2 aromatic carbocycles. The lowest BCUT2D eigenvalue weighted by Gasteiger charge is -2.24. The Bertz CT molecular complexity index is 902. The molecule has 5 heteroatoms. The molecule has 5 nitrogen and oxygen atoms in total. The minimum atomic E-state index is -0.305. The molecule has 0 amide bonds. The maximum atomic E-state index is 12.4. The van der Waals surface area contributed by atoms with Gasteiger partial charge in [0.05, 0.1) is 19.2 Å². The number of nitrogens with zero attached hydrogens (tertiary/aromatic N) is 1. The molecule has 0 fully saturated rings. The summed E-state index contributed by atoms with van der Waals surface area (Å²) < 4.78 is 5.44. The summed E-state index contributed by atoms with van der Waals surface area (Å²) in [7, 11) is 1.69. The molecule has 0 bridgehead atoms. The molecule has 1 aromatic heterocycles. The second-order valence-electron chi connectivity index (χ2n) is 6.20. The Labute approximate surface area is 146 Å². The number of hydrogen-bond donors (Lipinski definition) is 1. The molecule has 3 aromatic rings. The SMILES string of the molecule is CON1CCc2[nH]c3ccc(C(=O)OCc4ccccc4)cc3c2C1. The van der Waals surface area contributed by atoms with Crippen molar-refractivity contribution >= 4 is 16.9 Å². The van der Waals surface area contributed by atoms with Crippen LogP contribution in [0.2, 0.25) is 0 Å². The third-order valence-electron chi connectivity index (χ3n) is 4.65. The van der Waals surface area contributed by atoms with Crippen LogP contribution < -0.4 is 0 Å². The fraction of sp³-hybridized carbons (Fsp3) is 0.250. The van der Waals surface area contributed by atoms with Crippen LogP contribution in [0, 0.1) is 0 Å². The second kappa shape index (κ2) is 6.70. The van der Waals surface area contributed by atoms with Gasteiger partial charge in [-0.2, -0.15) is 5.06 Å². The molecule has 4 rings (SSSR count). The Morgan fingerprint density at radius 3 is 2.84 bits per heavy atom. The lowest BCUT2D eigenvalue weighted by atomic mass is 10.0. The first kappa shape index (κ1) is 15.9. The normalized spacial score (nSPS) is 14.4. The summed E-state index contributed by atoms with van der Waals surface area (Å²) >= 11 is 0. The van der Waals surface area contributed by atoms with Crippen molar-refractivity contribution < 1.29 is 14.4 Å². The molecule has 2 heterocycles. The summed E-state index contributed by atoms with van der Waals surface area (Å²) in [5.41, 5.74) is 5.01. The van der Waals surface area contributed by atoms with Crippen molar-refractivity contribution in [1.29, 1.82) is 0 Å². The molecular weight excluding hydrogens is 316 g/mol. The number of ether oxygens (including phenoxy) is 1. The van der Waals surface area contributed by atoms with E-state index in [1.165, 1.54) is 11.3 Å². The minimum Gasteiger partial charge on any atom is -0.457 e. The topological polar surface area (TPSA) is 54.6 Å². The van der Waals surface area contributed by atoms with Gasteiger partial charge >= 0.3 is 5.97 Å². The van der Waals surface area contributed by atoms with Crippen LogP contribution in [0.4, 0.5) is 0 Å². The van der Waals surface area contributed by atoms with Crippen LogP contribution >= 0.6 is 0 Å². The minimum absolute atomic E-state index is 0.278. The Morgan fingerprint density at radius 2 is 2.04 bits per heavy atom. The van der Waals surface area contributed by atoms with E-state index in [4.69, 9.17) is 9.57 Å². The molecular formula is C20H20N2O3. The summed E-state index contributed by atoms with van der Waals surface area (Å²) in [4.78, 5) is 21.2. The predicted octanol–water partition coefficient (Wildman–Crippen LogP) is 3.44. The number of aromatic amines is 1. The highest BCUT2D eigenvalue weighted by Gasteiger charge is 2.21. The van der Waals surface area contributed by atoms with Crippen LogP contribution in [0.15, 0.2) is 48.5 Å². The number of hydroxylamine groups is 2. The molecule has 1 N–H and O–H groups in total. The third-order valence-corrected chi connectivity index (χ3v) is 4.65. The number of fused-ring (bicyclic) bond motifs is 3. The second-order valence-corrected chi connectivity index (χ2v) is 6.20. The van der Waals surface area contributed by atoms with E-state index in [2.05, 4.69) is 4.98 Å². The number of H-pyrrole nitrogens is 1. The molecule has 0 unspecified atom stereocenters. The molecule has 0 saturated carbocycles. The number of hydrogen-bond acceptors (Lipinski definition) is 4. The van der Waals surface area contributed by atoms with E-state index >= 15 is 0 Å². The lowest BCUT2D eigenvalue weighted by Crippen LogP contribution is -2.29. The number of rotatable bonds is 4. The van der Waals surface area contributed by atoms with E-state index < -0.39 is 0 Å². The van der Waals surface area contributed by atoms with Gasteiger partial charge in [-0.15, -0.1) is 0 Å². The first-order valence-corrected chi connectivity index (χ1v) is 8.38. The summed E-state index contributed by atoms with van der Waals surface area (Å²) in [5, 5.41) is 2.99. The van der Waals surface area contributed by atoms with Gasteiger partial charge in [0.2, 0.25) is 0 Å². The van der Waals surface area contributed by atoms with E-state index in [0.29, 0.717) is 12.1 Å². The van der Waals surface area contributed by atoms with Crippen LogP contribution in [0.5, 0.6) is 0 Å². The van der Waals surface area contributed by atoms with E-state index in [0.717, 1.165) is 29.4 Å². The zero-order chi connectivity index (χ0) is 17.2. The van der Waals surface area contributed by atoms with Gasteiger partial charge in [-0.05, 0) is 29.3 Å². The number of carbonyl (C=O) groups excluding carboxylic acids is 1. The summed E-state index contributed by atoms with van der Waals surface area (Å²) in [5.74, 6) is -0.305. The van der Waals surface area contributed by atoms with Gasteiger partial charge in [-0.1, -0.05) is 30.3 Å². The van der Waals surface area contributed by atoms with Crippen molar-refractivity contribution in [1.82, 2.24) is 10.0 Å². The van der Waals surface area contributed by atoms with Crippen LogP contribution in [0.3, 0.4) is 0 Å². The van der Waals surface area contributed by atoms with Gasteiger partial charge in [0.1, 0.15) is 6.61 Å². The highest BCUT2D eigenvalue weighted by atomic mass is 16.7. The van der Waals surface area contributed by atoms with Gasteiger partial charge in [0, 0.05) is 29.6 Å². The predicted molar refractivity (Wildman–Crippen MR) is 95.0 cm³/mol. The molecule has 128 valence electrons. The molecule has 0 atom stereocenters. The van der Waals surface area contributed by atoms with Crippen molar-refractivity contribution in [3.05, 3.63) is 70.9 Å².